The first kappa shape index (κ1) is 39.3. The van der Waals surface area contributed by atoms with Crippen LogP contribution >= 0.6 is 0 Å². The molecule has 312 valence electrons. The summed E-state index contributed by atoms with van der Waals surface area (Å²) in [7, 11) is 0. The highest BCUT2D eigenvalue weighted by Crippen LogP contribution is 2.52. The van der Waals surface area contributed by atoms with Gasteiger partial charge in [-0.15, -0.1) is 0 Å². The number of hydrogen-bond donors (Lipinski definition) is 0. The van der Waals surface area contributed by atoms with Gasteiger partial charge in [0, 0.05) is 22.2 Å². The normalized spacial score (nSPS) is 12.5. The van der Waals surface area contributed by atoms with Crippen molar-refractivity contribution in [1.29, 1.82) is 0 Å². The average Bonchev–Trinajstić information content (AvgIpc) is 3.61. The number of para-hydroxylation sites is 2. The Labute approximate surface area is 387 Å². The second-order valence-corrected chi connectivity index (χ2v) is 18.0. The maximum absolute atomic E-state index is 2.50. The fourth-order valence-corrected chi connectivity index (χ4v) is 10.7. The molecule has 0 unspecified atom stereocenters. The first-order chi connectivity index (χ1) is 32.5. The highest BCUT2D eigenvalue weighted by atomic mass is 15.1. The second-order valence-electron chi connectivity index (χ2n) is 18.0. The standard InChI is InChI=1S/C65H47N/c1-65(2)61-35-15-12-31-58(61)59-41-39-47(43-62(59)65)52-27-13-16-36-63(52)66(48-24-18-23-46(42-48)51-33-19-34-54-50-25-7-6-22-45(50)38-40-57(51)54)64-37-17-14-32-60(64)56-30-11-10-29-55(56)53-28-9-8-26-49(53)44-20-4-3-5-21-44/h3-43H,1-2H3. The third-order valence-electron chi connectivity index (χ3n) is 13.9. The number of rotatable bonds is 8. The maximum atomic E-state index is 2.50. The predicted octanol–water partition coefficient (Wildman–Crippen LogP) is 18.1. The molecule has 0 saturated carbocycles. The minimum absolute atomic E-state index is 0.124. The molecule has 11 aromatic carbocycles. The van der Waals surface area contributed by atoms with E-state index in [2.05, 4.69) is 267 Å². The monoisotopic (exact) mass is 841 g/mol. The van der Waals surface area contributed by atoms with Gasteiger partial charge in [-0.2, -0.15) is 0 Å². The van der Waals surface area contributed by atoms with Crippen molar-refractivity contribution in [3.05, 3.63) is 260 Å². The Hall–Kier alpha value is -8.26. The number of benzene rings is 11. The summed E-state index contributed by atoms with van der Waals surface area (Å²) in [6.07, 6.45) is 0. The molecule has 0 fully saturated rings. The first-order valence-corrected chi connectivity index (χ1v) is 23.0. The molecule has 0 bridgehead atoms. The van der Waals surface area contributed by atoms with Crippen LogP contribution in [0, 0.1) is 0 Å². The number of hydrogen-bond acceptors (Lipinski definition) is 1. The van der Waals surface area contributed by atoms with Crippen LogP contribution in [0.4, 0.5) is 17.1 Å². The van der Waals surface area contributed by atoms with Crippen LogP contribution in [0.3, 0.4) is 0 Å². The Kier molecular flexibility index (Phi) is 9.58. The van der Waals surface area contributed by atoms with Gasteiger partial charge < -0.3 is 4.90 Å². The van der Waals surface area contributed by atoms with E-state index in [0.29, 0.717) is 0 Å². The van der Waals surface area contributed by atoms with E-state index in [-0.39, 0.29) is 5.41 Å². The van der Waals surface area contributed by atoms with Crippen molar-refractivity contribution >= 4 is 38.6 Å². The highest BCUT2D eigenvalue weighted by molar-refractivity contribution is 6.12. The molecule has 11 aromatic rings. The molecular weight excluding hydrogens is 795 g/mol. The fraction of sp³-hybridized carbons (Fsp3) is 0.0462. The van der Waals surface area contributed by atoms with E-state index in [0.717, 1.165) is 22.6 Å². The summed E-state index contributed by atoms with van der Waals surface area (Å²) < 4.78 is 0. The Balaban J connectivity index is 1.08. The Morgan fingerprint density at radius 2 is 0.788 bits per heavy atom. The lowest BCUT2D eigenvalue weighted by Crippen LogP contribution is -2.15. The van der Waals surface area contributed by atoms with Crippen molar-refractivity contribution in [2.24, 2.45) is 0 Å². The summed E-state index contributed by atoms with van der Waals surface area (Å²) in [5, 5.41) is 5.03. The van der Waals surface area contributed by atoms with Crippen LogP contribution < -0.4 is 4.90 Å². The molecule has 0 N–H and O–H groups in total. The molecule has 1 heteroatoms. The van der Waals surface area contributed by atoms with Gasteiger partial charge in [-0.3, -0.25) is 0 Å². The van der Waals surface area contributed by atoms with E-state index in [1.807, 2.05) is 0 Å². The summed E-state index contributed by atoms with van der Waals surface area (Å²) in [5.41, 5.74) is 20.4. The molecule has 1 nitrogen and oxygen atoms in total. The van der Waals surface area contributed by atoms with E-state index in [1.165, 1.54) is 93.9 Å². The van der Waals surface area contributed by atoms with Crippen LogP contribution in [-0.4, -0.2) is 0 Å². The summed E-state index contributed by atoms with van der Waals surface area (Å²) in [6.45, 7) is 4.73. The fourth-order valence-electron chi connectivity index (χ4n) is 10.7. The van der Waals surface area contributed by atoms with Gasteiger partial charge in [-0.05, 0) is 119 Å². The molecule has 12 rings (SSSR count). The van der Waals surface area contributed by atoms with Crippen LogP contribution in [-0.2, 0) is 5.41 Å². The van der Waals surface area contributed by atoms with Crippen molar-refractivity contribution in [3.63, 3.8) is 0 Å². The van der Waals surface area contributed by atoms with E-state index >= 15 is 0 Å². The topological polar surface area (TPSA) is 3.24 Å². The van der Waals surface area contributed by atoms with E-state index < -0.39 is 0 Å². The van der Waals surface area contributed by atoms with Gasteiger partial charge in [-0.25, -0.2) is 0 Å². The molecule has 0 amide bonds. The molecule has 0 spiro atoms. The van der Waals surface area contributed by atoms with Crippen LogP contribution in [0.25, 0.3) is 88.3 Å². The second kappa shape index (κ2) is 16.1. The van der Waals surface area contributed by atoms with E-state index in [4.69, 9.17) is 0 Å². The molecular formula is C65H47N. The Morgan fingerprint density at radius 1 is 0.273 bits per heavy atom. The van der Waals surface area contributed by atoms with Gasteiger partial charge in [0.2, 0.25) is 0 Å². The Morgan fingerprint density at radius 3 is 1.58 bits per heavy atom. The van der Waals surface area contributed by atoms with Crippen LogP contribution in [0.1, 0.15) is 25.0 Å². The van der Waals surface area contributed by atoms with E-state index in [9.17, 15) is 0 Å². The van der Waals surface area contributed by atoms with Gasteiger partial charge in [0.1, 0.15) is 0 Å². The van der Waals surface area contributed by atoms with E-state index in [1.54, 1.807) is 0 Å². The summed E-state index contributed by atoms with van der Waals surface area (Å²) in [6, 6.07) is 91.5. The SMILES string of the molecule is CC1(C)c2ccccc2-c2ccc(-c3ccccc3N(c3cccc(-c4cccc5c4ccc4ccccc45)c3)c3ccccc3-c3ccccc3-c3ccccc3-c3ccccc3)cc21. The molecule has 0 heterocycles. The lowest BCUT2D eigenvalue weighted by atomic mass is 9.81. The lowest BCUT2D eigenvalue weighted by Gasteiger charge is -2.31. The zero-order valence-electron chi connectivity index (χ0n) is 37.1. The van der Waals surface area contributed by atoms with Crippen LogP contribution in [0.5, 0.6) is 0 Å². The molecule has 1 aliphatic carbocycles. The summed E-state index contributed by atoms with van der Waals surface area (Å²) in [5.74, 6) is 0. The number of anilines is 3. The largest absolute Gasteiger partial charge is 0.309 e. The van der Waals surface area contributed by atoms with Crippen molar-refractivity contribution in [1.82, 2.24) is 0 Å². The van der Waals surface area contributed by atoms with Crippen molar-refractivity contribution in [2.45, 2.75) is 19.3 Å². The molecule has 0 saturated heterocycles. The summed E-state index contributed by atoms with van der Waals surface area (Å²) in [4.78, 5) is 2.50. The lowest BCUT2D eigenvalue weighted by molar-refractivity contribution is 0.660. The highest BCUT2D eigenvalue weighted by Gasteiger charge is 2.35. The minimum atomic E-state index is -0.124. The molecule has 0 aliphatic heterocycles. The van der Waals surface area contributed by atoms with Crippen molar-refractivity contribution in [2.75, 3.05) is 4.90 Å². The quantitative estimate of drug-likeness (QED) is 0.138. The Bertz CT molecular complexity index is 3630. The molecule has 66 heavy (non-hydrogen) atoms. The van der Waals surface area contributed by atoms with Crippen LogP contribution in [0.15, 0.2) is 249 Å². The van der Waals surface area contributed by atoms with Gasteiger partial charge in [-0.1, -0.05) is 232 Å². The zero-order chi connectivity index (χ0) is 44.2. The average molecular weight is 842 g/mol. The van der Waals surface area contributed by atoms with Crippen molar-refractivity contribution in [3.8, 4) is 66.8 Å². The molecule has 1 aliphatic rings. The van der Waals surface area contributed by atoms with Crippen LogP contribution in [0.2, 0.25) is 0 Å². The van der Waals surface area contributed by atoms with Gasteiger partial charge >= 0.3 is 0 Å². The third-order valence-corrected chi connectivity index (χ3v) is 13.9. The molecule has 0 aromatic heterocycles. The zero-order valence-corrected chi connectivity index (χ0v) is 37.1. The van der Waals surface area contributed by atoms with Crippen molar-refractivity contribution < 1.29 is 0 Å². The smallest absolute Gasteiger partial charge is 0.0540 e. The first-order valence-electron chi connectivity index (χ1n) is 23.0. The van der Waals surface area contributed by atoms with Gasteiger partial charge in [0.25, 0.3) is 0 Å². The third kappa shape index (κ3) is 6.55. The number of nitrogens with zero attached hydrogens (tertiary/aromatic N) is 1. The molecule has 0 radical (unpaired) electrons. The molecule has 0 atom stereocenters. The number of fused-ring (bicyclic) bond motifs is 6. The summed E-state index contributed by atoms with van der Waals surface area (Å²) >= 11 is 0. The maximum Gasteiger partial charge on any atom is 0.0540 e. The minimum Gasteiger partial charge on any atom is -0.309 e. The van der Waals surface area contributed by atoms with Gasteiger partial charge in [0.05, 0.1) is 11.4 Å². The predicted molar refractivity (Wildman–Crippen MR) is 281 cm³/mol. The van der Waals surface area contributed by atoms with Gasteiger partial charge in [0.15, 0.2) is 0 Å².